The van der Waals surface area contributed by atoms with E-state index in [2.05, 4.69) is 24.3 Å². The summed E-state index contributed by atoms with van der Waals surface area (Å²) in [6.45, 7) is 4.83. The van der Waals surface area contributed by atoms with E-state index in [1.165, 1.54) is 32.1 Å². The Morgan fingerprint density at radius 3 is 1.49 bits per heavy atom. The van der Waals surface area contributed by atoms with Gasteiger partial charge in [0.1, 0.15) is 6.61 Å². The van der Waals surface area contributed by atoms with E-state index in [9.17, 15) is 14.4 Å². The Balaban J connectivity index is 0.802. The van der Waals surface area contributed by atoms with E-state index in [0.29, 0.717) is 77.1 Å². The normalized spacial score (nSPS) is 13.5. The van der Waals surface area contributed by atoms with E-state index in [1.807, 2.05) is 24.3 Å². The zero-order chi connectivity index (χ0) is 32.8. The van der Waals surface area contributed by atoms with Gasteiger partial charge in [0, 0.05) is 19.5 Å². The lowest BCUT2D eigenvalue weighted by molar-refractivity contribution is -0.0126. The number of hydrogen-bond acceptors (Lipinski definition) is 9. The third-order valence-electron chi connectivity index (χ3n) is 8.04. The van der Waals surface area contributed by atoms with Crippen LogP contribution in [0.5, 0.6) is 0 Å². The summed E-state index contributed by atoms with van der Waals surface area (Å²) in [5.41, 5.74) is 5.64. The number of benzene rings is 3. The molecule has 0 atom stereocenters. The molecule has 0 spiro atoms. The molecule has 0 saturated heterocycles. The minimum Gasteiger partial charge on any atom is -0.448 e. The molecule has 1 aliphatic heterocycles. The molecule has 0 N–H and O–H groups in total. The summed E-state index contributed by atoms with van der Waals surface area (Å²) >= 11 is 0. The number of amides is 3. The van der Waals surface area contributed by atoms with Gasteiger partial charge in [-0.15, -0.1) is 0 Å². The molecular weight excluding hydrogens is 604 g/mol. The summed E-state index contributed by atoms with van der Waals surface area (Å²) in [4.78, 5) is 40.0. The number of imide groups is 1. The minimum atomic E-state index is -0.375. The fourth-order valence-electron chi connectivity index (χ4n) is 5.58. The topological polar surface area (TPSA) is 113 Å². The van der Waals surface area contributed by atoms with Crippen LogP contribution in [0, 0.1) is 0 Å². The first-order chi connectivity index (χ1) is 23.1. The number of carbonyl (C=O) groups excluding carboxylic acids is 3. The van der Waals surface area contributed by atoms with Crippen molar-refractivity contribution in [3.63, 3.8) is 0 Å². The molecule has 11 heteroatoms. The van der Waals surface area contributed by atoms with Gasteiger partial charge in [-0.25, -0.2) is 4.79 Å². The van der Waals surface area contributed by atoms with Crippen LogP contribution in [0.25, 0.3) is 11.1 Å². The fraction of sp³-hybridized carbons (Fsp3) is 0.417. The van der Waals surface area contributed by atoms with Crippen molar-refractivity contribution in [3.8, 4) is 11.1 Å². The van der Waals surface area contributed by atoms with Gasteiger partial charge in [0.15, 0.2) is 0 Å². The highest BCUT2D eigenvalue weighted by Crippen LogP contribution is 2.44. The predicted octanol–water partition coefficient (Wildman–Crippen LogP) is 4.25. The summed E-state index contributed by atoms with van der Waals surface area (Å²) in [7, 11) is 1.70. The lowest BCUT2D eigenvalue weighted by Gasteiger charge is -2.19. The standard InChI is InChI=1S/C36H42N2O9/c1-37(36(41)47-26-33-29-10-4-2-8-27(29)28-9-3-5-11-30(28)33)14-16-42-18-20-44-22-24-46-25-23-45-21-19-43-17-15-38-34(39)31-12-6-7-13-32(31)35(38)40/h2-13,33H,14-26H2,1H3. The molecule has 11 nitrogen and oxygen atoms in total. The van der Waals surface area contributed by atoms with E-state index < -0.39 is 0 Å². The second-order valence-corrected chi connectivity index (χ2v) is 11.1. The van der Waals surface area contributed by atoms with Gasteiger partial charge in [-0.05, 0) is 34.4 Å². The summed E-state index contributed by atoms with van der Waals surface area (Å²) in [5, 5.41) is 0. The molecular formula is C36H42N2O9. The monoisotopic (exact) mass is 646 g/mol. The maximum absolute atomic E-state index is 12.6. The highest BCUT2D eigenvalue weighted by molar-refractivity contribution is 6.21. The SMILES string of the molecule is CN(CCOCCOCCOCCOCCOCCN1C(=O)c2ccccc2C1=O)C(=O)OCC1c2ccccc2-c2ccccc21. The van der Waals surface area contributed by atoms with Crippen LogP contribution >= 0.6 is 0 Å². The Morgan fingerprint density at radius 2 is 1.00 bits per heavy atom. The Hall–Kier alpha value is -4.13. The summed E-state index contributed by atoms with van der Waals surface area (Å²) in [5.74, 6) is -0.533. The zero-order valence-electron chi connectivity index (χ0n) is 26.8. The van der Waals surface area contributed by atoms with Gasteiger partial charge < -0.3 is 33.3 Å². The molecule has 250 valence electrons. The van der Waals surface area contributed by atoms with Crippen LogP contribution in [0.1, 0.15) is 37.8 Å². The van der Waals surface area contributed by atoms with Crippen molar-refractivity contribution >= 4 is 17.9 Å². The number of fused-ring (bicyclic) bond motifs is 4. The van der Waals surface area contributed by atoms with E-state index in [-0.39, 0.29) is 43.6 Å². The second kappa shape index (κ2) is 17.7. The summed E-state index contributed by atoms with van der Waals surface area (Å²) in [6, 6.07) is 23.3. The molecule has 0 fully saturated rings. The smallest absolute Gasteiger partial charge is 0.409 e. The van der Waals surface area contributed by atoms with Crippen molar-refractivity contribution < 1.29 is 42.8 Å². The third kappa shape index (κ3) is 9.03. The molecule has 47 heavy (non-hydrogen) atoms. The van der Waals surface area contributed by atoms with E-state index in [4.69, 9.17) is 28.4 Å². The number of likely N-dealkylation sites (N-methyl/N-ethyl adjacent to an activating group) is 1. The van der Waals surface area contributed by atoms with Crippen LogP contribution in [0.2, 0.25) is 0 Å². The molecule has 0 radical (unpaired) electrons. The van der Waals surface area contributed by atoms with Crippen molar-refractivity contribution in [1.82, 2.24) is 9.80 Å². The van der Waals surface area contributed by atoms with Crippen molar-refractivity contribution in [2.24, 2.45) is 0 Å². The summed E-state index contributed by atoms with van der Waals surface area (Å²) in [6.07, 6.45) is -0.375. The minimum absolute atomic E-state index is 0.0312. The Bertz CT molecular complexity index is 1420. The molecule has 3 amide bonds. The third-order valence-corrected chi connectivity index (χ3v) is 8.04. The zero-order valence-corrected chi connectivity index (χ0v) is 26.8. The van der Waals surface area contributed by atoms with Crippen molar-refractivity contribution in [3.05, 3.63) is 95.1 Å². The number of rotatable bonds is 20. The number of carbonyl (C=O) groups is 3. The molecule has 2 aliphatic rings. The molecule has 1 heterocycles. The number of hydrogen-bond donors (Lipinski definition) is 0. The van der Waals surface area contributed by atoms with Crippen LogP contribution in [-0.2, 0) is 28.4 Å². The van der Waals surface area contributed by atoms with Crippen LogP contribution in [0.3, 0.4) is 0 Å². The first kappa shape index (κ1) is 34.2. The maximum Gasteiger partial charge on any atom is 0.409 e. The largest absolute Gasteiger partial charge is 0.448 e. The van der Waals surface area contributed by atoms with Crippen LogP contribution < -0.4 is 0 Å². The maximum atomic E-state index is 12.6. The Labute approximate surface area is 275 Å². The van der Waals surface area contributed by atoms with E-state index in [0.717, 1.165) is 0 Å². The highest BCUT2D eigenvalue weighted by Gasteiger charge is 2.34. The Morgan fingerprint density at radius 1 is 0.596 bits per heavy atom. The van der Waals surface area contributed by atoms with Gasteiger partial charge in [0.05, 0.1) is 83.7 Å². The van der Waals surface area contributed by atoms with E-state index in [1.54, 1.807) is 31.3 Å². The van der Waals surface area contributed by atoms with Gasteiger partial charge in [-0.2, -0.15) is 0 Å². The highest BCUT2D eigenvalue weighted by atomic mass is 16.6. The van der Waals surface area contributed by atoms with Gasteiger partial charge in [-0.1, -0.05) is 60.7 Å². The van der Waals surface area contributed by atoms with Crippen LogP contribution in [0.4, 0.5) is 4.79 Å². The average Bonchev–Trinajstić information content (AvgIpc) is 3.55. The lowest BCUT2D eigenvalue weighted by atomic mass is 9.98. The molecule has 0 saturated carbocycles. The van der Waals surface area contributed by atoms with Gasteiger partial charge in [-0.3, -0.25) is 14.5 Å². The molecule has 3 aromatic carbocycles. The van der Waals surface area contributed by atoms with E-state index >= 15 is 0 Å². The molecule has 0 aromatic heterocycles. The van der Waals surface area contributed by atoms with Crippen molar-refractivity contribution in [1.29, 1.82) is 0 Å². The molecule has 3 aromatic rings. The van der Waals surface area contributed by atoms with Gasteiger partial charge >= 0.3 is 6.09 Å². The fourth-order valence-corrected chi connectivity index (χ4v) is 5.58. The number of ether oxygens (including phenoxy) is 6. The van der Waals surface area contributed by atoms with Crippen LogP contribution in [-0.4, -0.2) is 121 Å². The molecule has 5 rings (SSSR count). The first-order valence-corrected chi connectivity index (χ1v) is 16.0. The predicted molar refractivity (Wildman–Crippen MR) is 174 cm³/mol. The van der Waals surface area contributed by atoms with Crippen molar-refractivity contribution in [2.75, 3.05) is 92.8 Å². The van der Waals surface area contributed by atoms with Gasteiger partial charge in [0.25, 0.3) is 11.8 Å². The first-order valence-electron chi connectivity index (χ1n) is 16.0. The summed E-state index contributed by atoms with van der Waals surface area (Å²) < 4.78 is 33.3. The van der Waals surface area contributed by atoms with Gasteiger partial charge in [0.2, 0.25) is 0 Å². The molecule has 0 unspecified atom stereocenters. The average molecular weight is 647 g/mol. The Kier molecular flexibility index (Phi) is 12.9. The van der Waals surface area contributed by atoms with Crippen LogP contribution in [0.15, 0.2) is 72.8 Å². The quantitative estimate of drug-likeness (QED) is 0.131. The lowest BCUT2D eigenvalue weighted by Crippen LogP contribution is -2.33. The van der Waals surface area contributed by atoms with Crippen molar-refractivity contribution in [2.45, 2.75) is 5.92 Å². The molecule has 1 aliphatic carbocycles. The number of nitrogens with zero attached hydrogens (tertiary/aromatic N) is 2. The molecule has 0 bridgehead atoms. The second-order valence-electron chi connectivity index (χ2n) is 11.1.